The molecule has 12 nitrogen and oxygen atoms in total. The van der Waals surface area contributed by atoms with Crippen molar-refractivity contribution in [2.45, 2.75) is 38.8 Å². The minimum absolute atomic E-state index is 0.0143. The van der Waals surface area contributed by atoms with Crippen molar-refractivity contribution in [2.24, 2.45) is 0 Å². The number of amides is 3. The van der Waals surface area contributed by atoms with Crippen LogP contribution in [-0.4, -0.2) is 91.0 Å². The fraction of sp³-hybridized carbons (Fsp3) is 0.481. The maximum Gasteiger partial charge on any atom is 0.328 e. The molecule has 0 aliphatic carbocycles. The van der Waals surface area contributed by atoms with Gasteiger partial charge in [0.15, 0.2) is 6.29 Å². The Balaban J connectivity index is 1.54. The average Bonchev–Trinajstić information content (AvgIpc) is 3.07. The zero-order valence-corrected chi connectivity index (χ0v) is 22.5. The Labute approximate surface area is 227 Å². The van der Waals surface area contributed by atoms with Gasteiger partial charge in [-0.1, -0.05) is 0 Å². The van der Waals surface area contributed by atoms with E-state index in [1.54, 1.807) is 18.9 Å². The van der Waals surface area contributed by atoms with Crippen LogP contribution in [0.3, 0.4) is 0 Å². The average molecular weight is 536 g/mol. The first-order valence-electron chi connectivity index (χ1n) is 12.9. The Kier molecular flexibility index (Phi) is 9.06. The molecule has 0 spiro atoms. The van der Waals surface area contributed by atoms with E-state index in [0.717, 1.165) is 18.5 Å². The molecular formula is C27H33N7O5. The largest absolute Gasteiger partial charge is 0.487 e. The maximum absolute atomic E-state index is 13.3. The van der Waals surface area contributed by atoms with Crippen LogP contribution in [0, 0.1) is 11.3 Å². The van der Waals surface area contributed by atoms with Gasteiger partial charge < -0.3 is 14.4 Å². The molecule has 4 heterocycles. The number of nitrogens with one attached hydrogen (secondary N) is 1. The van der Waals surface area contributed by atoms with Gasteiger partial charge in [-0.25, -0.2) is 14.8 Å². The normalized spacial score (nSPS) is 16.6. The van der Waals surface area contributed by atoms with Gasteiger partial charge in [0.05, 0.1) is 19.3 Å². The minimum Gasteiger partial charge on any atom is -0.487 e. The molecule has 39 heavy (non-hydrogen) atoms. The topological polar surface area (TPSA) is 141 Å². The van der Waals surface area contributed by atoms with Gasteiger partial charge in [0.25, 0.3) is 0 Å². The van der Waals surface area contributed by atoms with Crippen molar-refractivity contribution in [3.63, 3.8) is 0 Å². The van der Waals surface area contributed by atoms with Crippen molar-refractivity contribution >= 4 is 29.9 Å². The van der Waals surface area contributed by atoms with Crippen LogP contribution in [0.1, 0.15) is 46.9 Å². The number of carbonyl (C=O) groups is 3. The summed E-state index contributed by atoms with van der Waals surface area (Å²) < 4.78 is 10.9. The molecule has 206 valence electrons. The third-order valence-corrected chi connectivity index (χ3v) is 6.67. The van der Waals surface area contributed by atoms with Gasteiger partial charge in [0, 0.05) is 44.9 Å². The van der Waals surface area contributed by atoms with Gasteiger partial charge in [-0.05, 0) is 44.9 Å². The van der Waals surface area contributed by atoms with Gasteiger partial charge in [-0.15, -0.1) is 0 Å². The number of pyridine rings is 2. The standard InChI is InChI=1S/C27H33N7O5/c1-18(17-38-3)39-23-11-24(29-13-21(23)12-28)31-27(37)34-9-4-6-19-10-20(22(16-35)30-26(19)34)14-33-8-5-7-32(2)15-25(33)36/h10-11,13,16,18H,4-9,14-15,17H2,1-3H3,(H,29,31,37)/t18-/m1/s1. The number of aldehydes is 1. The number of nitrogens with zero attached hydrogens (tertiary/aromatic N) is 6. The quantitative estimate of drug-likeness (QED) is 0.504. The number of aromatic nitrogens is 2. The van der Waals surface area contributed by atoms with Crippen LogP contribution in [0.2, 0.25) is 0 Å². The number of urea groups is 1. The minimum atomic E-state index is -0.466. The summed E-state index contributed by atoms with van der Waals surface area (Å²) in [6.45, 7) is 4.63. The van der Waals surface area contributed by atoms with Crippen LogP contribution in [0.4, 0.5) is 16.4 Å². The zero-order chi connectivity index (χ0) is 27.9. The monoisotopic (exact) mass is 535 g/mol. The molecule has 4 rings (SSSR count). The predicted octanol–water partition coefficient (Wildman–Crippen LogP) is 2.22. The molecule has 2 aliphatic heterocycles. The van der Waals surface area contributed by atoms with E-state index in [2.05, 4.69) is 15.3 Å². The molecule has 2 aliphatic rings. The van der Waals surface area contributed by atoms with E-state index in [0.29, 0.717) is 63.3 Å². The van der Waals surface area contributed by atoms with Crippen LogP contribution in [0.5, 0.6) is 5.75 Å². The molecule has 0 bridgehead atoms. The van der Waals surface area contributed by atoms with Crippen LogP contribution in [0.25, 0.3) is 0 Å². The van der Waals surface area contributed by atoms with E-state index in [1.165, 1.54) is 17.2 Å². The number of carbonyl (C=O) groups excluding carboxylic acids is 3. The Morgan fingerprint density at radius 1 is 1.28 bits per heavy atom. The zero-order valence-electron chi connectivity index (χ0n) is 22.5. The highest BCUT2D eigenvalue weighted by atomic mass is 16.5. The fourth-order valence-corrected chi connectivity index (χ4v) is 4.77. The Hall–Kier alpha value is -4.08. The van der Waals surface area contributed by atoms with Crippen LogP contribution < -0.4 is 15.0 Å². The molecule has 1 atom stereocenters. The summed E-state index contributed by atoms with van der Waals surface area (Å²) in [4.78, 5) is 51.9. The van der Waals surface area contributed by atoms with Gasteiger partial charge in [0.1, 0.15) is 40.8 Å². The first-order valence-corrected chi connectivity index (χ1v) is 12.9. The number of anilines is 2. The highest BCUT2D eigenvalue weighted by Gasteiger charge is 2.28. The number of hydrogen-bond acceptors (Lipinski definition) is 9. The Bertz CT molecular complexity index is 1280. The highest BCUT2D eigenvalue weighted by Crippen LogP contribution is 2.29. The summed E-state index contributed by atoms with van der Waals surface area (Å²) in [5, 5.41) is 12.2. The second-order valence-corrected chi connectivity index (χ2v) is 9.79. The summed E-state index contributed by atoms with van der Waals surface area (Å²) in [7, 11) is 3.47. The first-order chi connectivity index (χ1) is 18.8. The number of rotatable bonds is 8. The van der Waals surface area contributed by atoms with Crippen molar-refractivity contribution in [1.29, 1.82) is 5.26 Å². The number of aryl methyl sites for hydroxylation is 1. The first kappa shape index (κ1) is 27.9. The highest BCUT2D eigenvalue weighted by molar-refractivity contribution is 6.01. The molecular weight excluding hydrogens is 502 g/mol. The smallest absolute Gasteiger partial charge is 0.328 e. The van der Waals surface area contributed by atoms with Crippen molar-refractivity contribution in [3.05, 3.63) is 40.7 Å². The SMILES string of the molecule is COC[C@@H](C)Oc1cc(NC(=O)N2CCCc3cc(CN4CCCN(C)CC4=O)c(C=O)nc32)ncc1C#N. The molecule has 0 saturated carbocycles. The van der Waals surface area contributed by atoms with Crippen molar-refractivity contribution in [2.75, 3.05) is 57.2 Å². The number of fused-ring (bicyclic) bond motifs is 1. The van der Waals surface area contributed by atoms with E-state index in [1.807, 2.05) is 24.1 Å². The van der Waals surface area contributed by atoms with Gasteiger partial charge in [-0.2, -0.15) is 5.26 Å². The summed E-state index contributed by atoms with van der Waals surface area (Å²) in [5.41, 5.74) is 1.95. The van der Waals surface area contributed by atoms with Gasteiger partial charge in [-0.3, -0.25) is 24.7 Å². The lowest BCUT2D eigenvalue weighted by Gasteiger charge is -2.30. The van der Waals surface area contributed by atoms with Crippen LogP contribution >= 0.6 is 0 Å². The Morgan fingerprint density at radius 3 is 2.85 bits per heavy atom. The number of ether oxygens (including phenoxy) is 2. The summed E-state index contributed by atoms with van der Waals surface area (Å²) >= 11 is 0. The van der Waals surface area contributed by atoms with Crippen molar-refractivity contribution in [3.8, 4) is 11.8 Å². The van der Waals surface area contributed by atoms with E-state index >= 15 is 0 Å². The fourth-order valence-electron chi connectivity index (χ4n) is 4.77. The summed E-state index contributed by atoms with van der Waals surface area (Å²) in [6.07, 6.45) is 3.95. The predicted molar refractivity (Wildman–Crippen MR) is 143 cm³/mol. The second kappa shape index (κ2) is 12.6. The number of likely N-dealkylation sites (N-methyl/N-ethyl adjacent to an activating group) is 1. The van der Waals surface area contributed by atoms with Gasteiger partial charge in [0.2, 0.25) is 5.91 Å². The van der Waals surface area contributed by atoms with Crippen molar-refractivity contribution in [1.82, 2.24) is 19.8 Å². The molecule has 2 aromatic heterocycles. The van der Waals surface area contributed by atoms with Gasteiger partial charge >= 0.3 is 6.03 Å². The van der Waals surface area contributed by atoms with E-state index in [4.69, 9.17) is 9.47 Å². The lowest BCUT2D eigenvalue weighted by atomic mass is 10.0. The molecule has 12 heteroatoms. The number of nitriles is 1. The van der Waals surface area contributed by atoms with E-state index in [9.17, 15) is 19.6 Å². The molecule has 1 N–H and O–H groups in total. The number of hydrogen-bond donors (Lipinski definition) is 1. The second-order valence-electron chi connectivity index (χ2n) is 9.79. The molecule has 0 aromatic carbocycles. The van der Waals surface area contributed by atoms with Crippen LogP contribution in [0.15, 0.2) is 18.3 Å². The molecule has 1 fully saturated rings. The molecule has 0 radical (unpaired) electrons. The third kappa shape index (κ3) is 6.68. The number of methoxy groups -OCH3 is 1. The molecule has 1 saturated heterocycles. The van der Waals surface area contributed by atoms with Crippen molar-refractivity contribution < 1.29 is 23.9 Å². The Morgan fingerprint density at radius 2 is 2.10 bits per heavy atom. The lowest BCUT2D eigenvalue weighted by molar-refractivity contribution is -0.131. The third-order valence-electron chi connectivity index (χ3n) is 6.67. The maximum atomic E-state index is 13.3. The lowest BCUT2D eigenvalue weighted by Crippen LogP contribution is -2.40. The van der Waals surface area contributed by atoms with E-state index in [-0.39, 0.29) is 34.8 Å². The molecule has 2 aromatic rings. The molecule has 0 unspecified atom stereocenters. The molecule has 3 amide bonds. The summed E-state index contributed by atoms with van der Waals surface area (Å²) in [5.74, 6) is 0.917. The summed E-state index contributed by atoms with van der Waals surface area (Å²) in [6, 6.07) is 4.95. The van der Waals surface area contributed by atoms with E-state index < -0.39 is 6.03 Å². The van der Waals surface area contributed by atoms with Crippen LogP contribution in [-0.2, 0) is 22.5 Å².